The highest BCUT2D eigenvalue weighted by atomic mass is 16.3. The lowest BCUT2D eigenvalue weighted by atomic mass is 9.67. The van der Waals surface area contributed by atoms with Crippen LogP contribution in [0, 0.1) is 0 Å². The van der Waals surface area contributed by atoms with Crippen LogP contribution in [0.2, 0.25) is 0 Å². The van der Waals surface area contributed by atoms with Gasteiger partial charge in [0, 0.05) is 0 Å². The van der Waals surface area contributed by atoms with Gasteiger partial charge in [-0.3, -0.25) is 0 Å². The third-order valence-corrected chi connectivity index (χ3v) is 3.47. The first kappa shape index (κ1) is 9.72. The summed E-state index contributed by atoms with van der Waals surface area (Å²) in [4.78, 5) is 0. The maximum Gasteiger partial charge on any atom is 0.0871 e. The third kappa shape index (κ3) is 1.36. The molecule has 0 bridgehead atoms. The van der Waals surface area contributed by atoms with E-state index in [0.29, 0.717) is 0 Å². The zero-order valence-electron chi connectivity index (χ0n) is 9.17. The molecule has 0 heterocycles. The van der Waals surface area contributed by atoms with Gasteiger partial charge in [0.05, 0.1) is 5.60 Å². The van der Waals surface area contributed by atoms with Crippen LogP contribution in [0.5, 0.6) is 0 Å². The fourth-order valence-corrected chi connectivity index (χ4v) is 2.37. The quantitative estimate of drug-likeness (QED) is 0.667. The molecule has 0 fully saturated rings. The Morgan fingerprint density at radius 1 is 1.00 bits per heavy atom. The van der Waals surface area contributed by atoms with Crippen LogP contribution in [-0.2, 0) is 11.0 Å². The van der Waals surface area contributed by atoms with E-state index in [9.17, 15) is 5.11 Å². The Balaban J connectivity index is 2.61. The van der Waals surface area contributed by atoms with Crippen molar-refractivity contribution in [1.29, 1.82) is 0 Å². The smallest absolute Gasteiger partial charge is 0.0871 e. The summed E-state index contributed by atoms with van der Waals surface area (Å²) in [5, 5.41) is 10.3. The van der Waals surface area contributed by atoms with E-state index in [2.05, 4.69) is 32.0 Å². The number of rotatable bonds is 0. The van der Waals surface area contributed by atoms with Gasteiger partial charge < -0.3 is 5.11 Å². The van der Waals surface area contributed by atoms with Gasteiger partial charge in [-0.15, -0.1) is 0 Å². The average Bonchev–Trinajstić information content (AvgIpc) is 2.14. The van der Waals surface area contributed by atoms with E-state index in [-0.39, 0.29) is 5.41 Å². The number of aliphatic hydroxyl groups is 1. The van der Waals surface area contributed by atoms with E-state index >= 15 is 0 Å². The fourth-order valence-electron chi connectivity index (χ4n) is 2.37. The molecule has 14 heavy (non-hydrogen) atoms. The van der Waals surface area contributed by atoms with E-state index in [4.69, 9.17) is 0 Å². The van der Waals surface area contributed by atoms with Gasteiger partial charge in [0.1, 0.15) is 0 Å². The molecule has 1 aromatic carbocycles. The molecular formula is C13H18O. The standard InChI is InChI=1S/C13H18O/c1-12(2)8-9-13(3,14)11-7-5-4-6-10(11)12/h4-7,14H,8-9H2,1-3H3. The second kappa shape index (κ2) is 2.83. The van der Waals surface area contributed by atoms with Crippen molar-refractivity contribution >= 4 is 0 Å². The summed E-state index contributed by atoms with van der Waals surface area (Å²) >= 11 is 0. The zero-order chi connectivity index (χ0) is 10.4. The topological polar surface area (TPSA) is 20.2 Å². The van der Waals surface area contributed by atoms with E-state index in [1.807, 2.05) is 13.0 Å². The Hall–Kier alpha value is -0.820. The minimum Gasteiger partial charge on any atom is -0.385 e. The highest BCUT2D eigenvalue weighted by Crippen LogP contribution is 2.44. The molecule has 0 saturated carbocycles. The monoisotopic (exact) mass is 190 g/mol. The number of hydrogen-bond acceptors (Lipinski definition) is 1. The molecular weight excluding hydrogens is 172 g/mol. The summed E-state index contributed by atoms with van der Waals surface area (Å²) in [5.41, 5.74) is 1.98. The van der Waals surface area contributed by atoms with Gasteiger partial charge in [-0.25, -0.2) is 0 Å². The van der Waals surface area contributed by atoms with E-state index < -0.39 is 5.60 Å². The van der Waals surface area contributed by atoms with Crippen molar-refractivity contribution < 1.29 is 5.11 Å². The van der Waals surface area contributed by atoms with Crippen molar-refractivity contribution in [3.8, 4) is 0 Å². The third-order valence-electron chi connectivity index (χ3n) is 3.47. The van der Waals surface area contributed by atoms with E-state index in [1.54, 1.807) is 0 Å². The molecule has 1 unspecified atom stereocenters. The molecule has 0 amide bonds. The van der Waals surface area contributed by atoms with Gasteiger partial charge in [-0.1, -0.05) is 38.1 Å². The van der Waals surface area contributed by atoms with Crippen LogP contribution in [0.3, 0.4) is 0 Å². The van der Waals surface area contributed by atoms with E-state index in [1.165, 1.54) is 5.56 Å². The van der Waals surface area contributed by atoms with Gasteiger partial charge in [-0.2, -0.15) is 0 Å². The first-order valence-electron chi connectivity index (χ1n) is 5.26. The molecule has 1 heteroatoms. The summed E-state index contributed by atoms with van der Waals surface area (Å²) in [6.07, 6.45) is 1.91. The van der Waals surface area contributed by atoms with Crippen molar-refractivity contribution in [3.63, 3.8) is 0 Å². The summed E-state index contributed by atoms with van der Waals surface area (Å²) in [6, 6.07) is 8.26. The zero-order valence-corrected chi connectivity index (χ0v) is 9.17. The van der Waals surface area contributed by atoms with Crippen LogP contribution in [-0.4, -0.2) is 5.11 Å². The van der Waals surface area contributed by atoms with Crippen molar-refractivity contribution in [2.45, 2.75) is 44.6 Å². The average molecular weight is 190 g/mol. The number of benzene rings is 1. The Labute approximate surface area is 85.8 Å². The second-order valence-corrected chi connectivity index (χ2v) is 5.20. The van der Waals surface area contributed by atoms with Crippen LogP contribution in [0.25, 0.3) is 0 Å². The second-order valence-electron chi connectivity index (χ2n) is 5.20. The molecule has 1 nitrogen and oxygen atoms in total. The molecule has 1 atom stereocenters. The van der Waals surface area contributed by atoms with Crippen LogP contribution in [0.1, 0.15) is 44.7 Å². The maximum absolute atomic E-state index is 10.3. The minimum absolute atomic E-state index is 0.207. The summed E-state index contributed by atoms with van der Waals surface area (Å²) in [7, 11) is 0. The van der Waals surface area contributed by atoms with Crippen molar-refractivity contribution in [1.82, 2.24) is 0 Å². The van der Waals surface area contributed by atoms with E-state index in [0.717, 1.165) is 18.4 Å². The van der Waals surface area contributed by atoms with Crippen LogP contribution in [0.15, 0.2) is 24.3 Å². The first-order chi connectivity index (χ1) is 6.43. The molecule has 1 aromatic rings. The number of fused-ring (bicyclic) bond motifs is 1. The molecule has 0 aliphatic heterocycles. The highest BCUT2D eigenvalue weighted by molar-refractivity contribution is 5.39. The Morgan fingerprint density at radius 3 is 2.14 bits per heavy atom. The molecule has 0 saturated heterocycles. The molecule has 76 valence electrons. The first-order valence-corrected chi connectivity index (χ1v) is 5.26. The Kier molecular flexibility index (Phi) is 1.97. The van der Waals surface area contributed by atoms with Crippen molar-refractivity contribution in [2.75, 3.05) is 0 Å². The Bertz CT molecular complexity index is 315. The minimum atomic E-state index is -0.633. The molecule has 1 aliphatic rings. The van der Waals surface area contributed by atoms with Gasteiger partial charge in [0.25, 0.3) is 0 Å². The molecule has 1 N–H and O–H groups in total. The lowest BCUT2D eigenvalue weighted by Gasteiger charge is -2.40. The SMILES string of the molecule is CC1(C)CCC(C)(O)c2ccccc21. The Morgan fingerprint density at radius 2 is 1.57 bits per heavy atom. The van der Waals surface area contributed by atoms with Crippen molar-refractivity contribution in [2.24, 2.45) is 0 Å². The molecule has 1 aliphatic carbocycles. The fraction of sp³-hybridized carbons (Fsp3) is 0.538. The largest absolute Gasteiger partial charge is 0.385 e. The van der Waals surface area contributed by atoms with Gasteiger partial charge >= 0.3 is 0 Å². The molecule has 0 radical (unpaired) electrons. The van der Waals surface area contributed by atoms with Crippen LogP contribution >= 0.6 is 0 Å². The normalized spacial score (nSPS) is 29.7. The van der Waals surface area contributed by atoms with Gasteiger partial charge in [0.2, 0.25) is 0 Å². The number of hydrogen-bond donors (Lipinski definition) is 1. The molecule has 0 aromatic heterocycles. The summed E-state index contributed by atoms with van der Waals surface area (Å²) in [6.45, 7) is 6.42. The summed E-state index contributed by atoms with van der Waals surface area (Å²) < 4.78 is 0. The predicted molar refractivity (Wildman–Crippen MR) is 58.3 cm³/mol. The van der Waals surface area contributed by atoms with Crippen LogP contribution < -0.4 is 0 Å². The van der Waals surface area contributed by atoms with Gasteiger partial charge in [-0.05, 0) is 36.3 Å². The molecule has 2 rings (SSSR count). The van der Waals surface area contributed by atoms with Crippen molar-refractivity contribution in [3.05, 3.63) is 35.4 Å². The lowest BCUT2D eigenvalue weighted by molar-refractivity contribution is 0.0277. The highest BCUT2D eigenvalue weighted by Gasteiger charge is 2.37. The molecule has 0 spiro atoms. The van der Waals surface area contributed by atoms with Gasteiger partial charge in [0.15, 0.2) is 0 Å². The van der Waals surface area contributed by atoms with Crippen LogP contribution in [0.4, 0.5) is 0 Å². The lowest BCUT2D eigenvalue weighted by Crippen LogP contribution is -2.35. The maximum atomic E-state index is 10.3. The summed E-state index contributed by atoms with van der Waals surface area (Å²) in [5.74, 6) is 0. The predicted octanol–water partition coefficient (Wildman–Crippen LogP) is 2.97.